The second kappa shape index (κ2) is 5.20. The number of aryl methyl sites for hydroxylation is 1. The molecule has 1 aromatic heterocycles. The van der Waals surface area contributed by atoms with Crippen molar-refractivity contribution < 1.29 is 0 Å². The number of aromatic nitrogens is 1. The summed E-state index contributed by atoms with van der Waals surface area (Å²) < 4.78 is 0. The molecule has 0 unspecified atom stereocenters. The molecule has 0 radical (unpaired) electrons. The fraction of sp³-hybridized carbons (Fsp3) is 0.500. The molecule has 2 N–H and O–H groups in total. The van der Waals surface area contributed by atoms with E-state index in [0.29, 0.717) is 13.1 Å². The van der Waals surface area contributed by atoms with Gasteiger partial charge < -0.3 is 10.6 Å². The summed E-state index contributed by atoms with van der Waals surface area (Å²) in [7, 11) is 0. The van der Waals surface area contributed by atoms with Crippen LogP contribution in [0.5, 0.6) is 0 Å². The molecule has 0 amide bonds. The number of rotatable bonds is 5. The van der Waals surface area contributed by atoms with E-state index in [4.69, 9.17) is 12.2 Å². The fourth-order valence-electron chi connectivity index (χ4n) is 1.96. The van der Waals surface area contributed by atoms with Gasteiger partial charge in [0.15, 0.2) is 0 Å². The van der Waals surface area contributed by atoms with Gasteiger partial charge in [0, 0.05) is 18.8 Å². The molecule has 3 heteroatoms. The SMILES string of the molecule is C#CCN(CC1CC1)c1cc(CN)cc(C)n1. The zero-order chi connectivity index (χ0) is 12.3. The first-order valence-electron chi connectivity index (χ1n) is 6.09. The molecule has 1 aliphatic carbocycles. The number of pyridine rings is 1. The molecule has 0 spiro atoms. The summed E-state index contributed by atoms with van der Waals surface area (Å²) in [6.07, 6.45) is 8.06. The number of nitrogens with two attached hydrogens (primary N) is 1. The van der Waals surface area contributed by atoms with E-state index in [9.17, 15) is 0 Å². The average Bonchev–Trinajstić information content (AvgIpc) is 3.11. The lowest BCUT2D eigenvalue weighted by Crippen LogP contribution is -2.27. The standard InChI is InChI=1S/C14H19N3/c1-3-6-17(10-12-4-5-12)14-8-13(9-15)7-11(2)16-14/h1,7-8,12H,4-6,9-10,15H2,2H3. The van der Waals surface area contributed by atoms with Crippen molar-refractivity contribution in [1.82, 2.24) is 4.98 Å². The van der Waals surface area contributed by atoms with Gasteiger partial charge in [-0.2, -0.15) is 0 Å². The van der Waals surface area contributed by atoms with Gasteiger partial charge in [-0.3, -0.25) is 0 Å². The van der Waals surface area contributed by atoms with Crippen molar-refractivity contribution in [3.05, 3.63) is 23.4 Å². The minimum Gasteiger partial charge on any atom is -0.345 e. The highest BCUT2D eigenvalue weighted by molar-refractivity contribution is 5.44. The van der Waals surface area contributed by atoms with Crippen LogP contribution in [0.25, 0.3) is 0 Å². The molecular formula is C14H19N3. The summed E-state index contributed by atoms with van der Waals surface area (Å²) >= 11 is 0. The minimum atomic E-state index is 0.545. The maximum Gasteiger partial charge on any atom is 0.129 e. The van der Waals surface area contributed by atoms with E-state index in [1.54, 1.807) is 0 Å². The van der Waals surface area contributed by atoms with E-state index in [-0.39, 0.29) is 0 Å². The Labute approximate surface area is 103 Å². The second-order valence-corrected chi connectivity index (χ2v) is 4.71. The smallest absolute Gasteiger partial charge is 0.129 e. The van der Waals surface area contributed by atoms with Crippen molar-refractivity contribution in [2.75, 3.05) is 18.0 Å². The minimum absolute atomic E-state index is 0.545. The number of terminal acetylenes is 1. The van der Waals surface area contributed by atoms with Crippen LogP contribution in [0.2, 0.25) is 0 Å². The van der Waals surface area contributed by atoms with Gasteiger partial charge in [0.05, 0.1) is 6.54 Å². The Kier molecular flexibility index (Phi) is 3.65. The highest BCUT2D eigenvalue weighted by Gasteiger charge is 2.24. The third-order valence-electron chi connectivity index (χ3n) is 3.02. The van der Waals surface area contributed by atoms with Crippen LogP contribution < -0.4 is 10.6 Å². The summed E-state index contributed by atoms with van der Waals surface area (Å²) in [6.45, 7) is 4.18. The molecule has 0 aliphatic heterocycles. The first-order valence-corrected chi connectivity index (χ1v) is 6.09. The lowest BCUT2D eigenvalue weighted by molar-refractivity contribution is 0.752. The summed E-state index contributed by atoms with van der Waals surface area (Å²) in [4.78, 5) is 6.74. The van der Waals surface area contributed by atoms with Gasteiger partial charge in [0.2, 0.25) is 0 Å². The molecule has 1 aliphatic rings. The molecule has 1 saturated carbocycles. The van der Waals surface area contributed by atoms with E-state index >= 15 is 0 Å². The highest BCUT2D eigenvalue weighted by Crippen LogP contribution is 2.31. The molecule has 0 bridgehead atoms. The van der Waals surface area contributed by atoms with Crippen molar-refractivity contribution >= 4 is 5.82 Å². The predicted octanol–water partition coefficient (Wildman–Crippen LogP) is 1.70. The van der Waals surface area contributed by atoms with Gasteiger partial charge in [-0.1, -0.05) is 5.92 Å². The van der Waals surface area contributed by atoms with Crippen LogP contribution >= 0.6 is 0 Å². The summed E-state index contributed by atoms with van der Waals surface area (Å²) in [6, 6.07) is 4.07. The summed E-state index contributed by atoms with van der Waals surface area (Å²) in [5.41, 5.74) is 7.81. The van der Waals surface area contributed by atoms with Crippen LogP contribution in [0.3, 0.4) is 0 Å². The third-order valence-corrected chi connectivity index (χ3v) is 3.02. The molecule has 0 atom stereocenters. The molecular weight excluding hydrogens is 210 g/mol. The molecule has 3 nitrogen and oxygen atoms in total. The van der Waals surface area contributed by atoms with Gasteiger partial charge in [-0.25, -0.2) is 4.98 Å². The van der Waals surface area contributed by atoms with Crippen LogP contribution in [-0.2, 0) is 6.54 Å². The average molecular weight is 229 g/mol. The van der Waals surface area contributed by atoms with Crippen molar-refractivity contribution in [1.29, 1.82) is 0 Å². The van der Waals surface area contributed by atoms with E-state index in [0.717, 1.165) is 29.5 Å². The Morgan fingerprint density at radius 2 is 2.29 bits per heavy atom. The van der Waals surface area contributed by atoms with E-state index < -0.39 is 0 Å². The largest absolute Gasteiger partial charge is 0.345 e. The molecule has 1 aromatic rings. The third kappa shape index (κ3) is 3.21. The Morgan fingerprint density at radius 1 is 1.53 bits per heavy atom. The lowest BCUT2D eigenvalue weighted by Gasteiger charge is -2.22. The van der Waals surface area contributed by atoms with Crippen LogP contribution in [0, 0.1) is 25.2 Å². The van der Waals surface area contributed by atoms with Crippen molar-refractivity contribution in [3.8, 4) is 12.3 Å². The molecule has 0 aromatic carbocycles. The van der Waals surface area contributed by atoms with E-state index in [2.05, 4.69) is 15.8 Å². The molecule has 90 valence electrons. The molecule has 2 rings (SSSR count). The number of hydrogen-bond donors (Lipinski definition) is 1. The first-order chi connectivity index (χ1) is 8.22. The van der Waals surface area contributed by atoms with Crippen LogP contribution in [0.1, 0.15) is 24.1 Å². The van der Waals surface area contributed by atoms with Crippen molar-refractivity contribution in [2.45, 2.75) is 26.3 Å². The van der Waals surface area contributed by atoms with Crippen molar-refractivity contribution in [2.24, 2.45) is 11.7 Å². The maximum atomic E-state index is 5.69. The predicted molar refractivity (Wildman–Crippen MR) is 70.6 cm³/mol. The van der Waals surface area contributed by atoms with Gasteiger partial charge in [-0.15, -0.1) is 6.42 Å². The summed E-state index contributed by atoms with van der Waals surface area (Å²) in [5, 5.41) is 0. The highest BCUT2D eigenvalue weighted by atomic mass is 15.2. The van der Waals surface area contributed by atoms with Gasteiger partial charge >= 0.3 is 0 Å². The van der Waals surface area contributed by atoms with Crippen LogP contribution in [-0.4, -0.2) is 18.1 Å². The topological polar surface area (TPSA) is 42.1 Å². The first kappa shape index (κ1) is 11.9. The molecule has 1 fully saturated rings. The van der Waals surface area contributed by atoms with Gasteiger partial charge in [-0.05, 0) is 43.4 Å². The molecule has 17 heavy (non-hydrogen) atoms. The Bertz CT molecular complexity index is 430. The van der Waals surface area contributed by atoms with Crippen LogP contribution in [0.15, 0.2) is 12.1 Å². The monoisotopic (exact) mass is 229 g/mol. The number of anilines is 1. The Hall–Kier alpha value is -1.53. The van der Waals surface area contributed by atoms with E-state index in [1.165, 1.54) is 12.8 Å². The number of hydrogen-bond acceptors (Lipinski definition) is 3. The van der Waals surface area contributed by atoms with E-state index in [1.807, 2.05) is 19.1 Å². The van der Waals surface area contributed by atoms with Gasteiger partial charge in [0.25, 0.3) is 0 Å². The van der Waals surface area contributed by atoms with Crippen LogP contribution in [0.4, 0.5) is 5.82 Å². The molecule has 1 heterocycles. The zero-order valence-electron chi connectivity index (χ0n) is 10.3. The summed E-state index contributed by atoms with van der Waals surface area (Å²) in [5.74, 6) is 4.48. The fourth-order valence-corrected chi connectivity index (χ4v) is 1.96. The van der Waals surface area contributed by atoms with Crippen molar-refractivity contribution in [3.63, 3.8) is 0 Å². The lowest BCUT2D eigenvalue weighted by atomic mass is 10.2. The Balaban J connectivity index is 2.20. The maximum absolute atomic E-state index is 5.69. The second-order valence-electron chi connectivity index (χ2n) is 4.71. The zero-order valence-corrected chi connectivity index (χ0v) is 10.3. The van der Waals surface area contributed by atoms with Gasteiger partial charge in [0.1, 0.15) is 5.82 Å². The number of nitrogens with zero attached hydrogens (tertiary/aromatic N) is 2. The normalized spacial score (nSPS) is 14.4. The quantitative estimate of drug-likeness (QED) is 0.781. The Morgan fingerprint density at radius 3 is 2.88 bits per heavy atom. The molecule has 0 saturated heterocycles.